The molecule has 0 saturated carbocycles. The van der Waals surface area contributed by atoms with Crippen LogP contribution in [0.5, 0.6) is 0 Å². The molecule has 0 fully saturated rings. The third-order valence-electron chi connectivity index (χ3n) is 1.73. The van der Waals surface area contributed by atoms with Gasteiger partial charge < -0.3 is 0 Å². The van der Waals surface area contributed by atoms with Crippen molar-refractivity contribution in [1.29, 1.82) is 0 Å². The van der Waals surface area contributed by atoms with Crippen LogP contribution in [0.15, 0.2) is 36.1 Å². The molecule has 0 bridgehead atoms. The molecule has 0 aliphatic carbocycles. The van der Waals surface area contributed by atoms with Gasteiger partial charge in [-0.05, 0) is 30.7 Å². The zero-order valence-electron chi connectivity index (χ0n) is 7.50. The lowest BCUT2D eigenvalue weighted by molar-refractivity contribution is 1.08. The second kappa shape index (κ2) is 4.10. The van der Waals surface area contributed by atoms with Crippen molar-refractivity contribution in [1.82, 2.24) is 0 Å². The smallest absolute Gasteiger partial charge is 0.0675 e. The zero-order chi connectivity index (χ0) is 9.84. The van der Waals surface area contributed by atoms with Crippen molar-refractivity contribution in [3.05, 3.63) is 41.6 Å². The highest BCUT2D eigenvalue weighted by Crippen LogP contribution is 2.23. The maximum absolute atomic E-state index is 5.82. The minimum absolute atomic E-state index is 0.717. The third kappa shape index (κ3) is 2.10. The van der Waals surface area contributed by atoms with Gasteiger partial charge in [-0.2, -0.15) is 5.10 Å². The molecule has 0 radical (unpaired) electrons. The molecule has 0 unspecified atom stereocenters. The summed E-state index contributed by atoms with van der Waals surface area (Å²) in [5.74, 6) is 0. The minimum atomic E-state index is 0.717. The SMILES string of the molecule is C=CN(N=C)c1ccc(Cl)cc1C. The second-order valence-electron chi connectivity index (χ2n) is 2.60. The first-order valence-electron chi connectivity index (χ1n) is 3.83. The molecule has 1 aromatic carbocycles. The molecule has 0 atom stereocenters. The molecular formula is C10H11ClN2. The Morgan fingerprint density at radius 2 is 2.23 bits per heavy atom. The number of halogens is 1. The van der Waals surface area contributed by atoms with E-state index >= 15 is 0 Å². The summed E-state index contributed by atoms with van der Waals surface area (Å²) in [6.45, 7) is 9.04. The Morgan fingerprint density at radius 1 is 1.54 bits per heavy atom. The summed E-state index contributed by atoms with van der Waals surface area (Å²) < 4.78 is 0. The van der Waals surface area contributed by atoms with E-state index in [1.54, 1.807) is 11.2 Å². The van der Waals surface area contributed by atoms with Crippen LogP contribution in [0.25, 0.3) is 0 Å². The summed E-state index contributed by atoms with van der Waals surface area (Å²) in [7, 11) is 0. The predicted octanol–water partition coefficient (Wildman–Crippen LogP) is 3.21. The van der Waals surface area contributed by atoms with Crippen LogP contribution in [0.3, 0.4) is 0 Å². The van der Waals surface area contributed by atoms with E-state index in [4.69, 9.17) is 11.6 Å². The molecule has 0 aliphatic rings. The minimum Gasteiger partial charge on any atom is -0.242 e. The molecule has 68 valence electrons. The Kier molecular flexibility index (Phi) is 3.09. The van der Waals surface area contributed by atoms with Gasteiger partial charge in [0.2, 0.25) is 0 Å². The van der Waals surface area contributed by atoms with E-state index in [1.165, 1.54) is 0 Å². The van der Waals surface area contributed by atoms with Gasteiger partial charge in [0.25, 0.3) is 0 Å². The van der Waals surface area contributed by atoms with Crippen molar-refractivity contribution >= 4 is 24.0 Å². The molecule has 13 heavy (non-hydrogen) atoms. The van der Waals surface area contributed by atoms with Crippen molar-refractivity contribution in [2.24, 2.45) is 5.10 Å². The molecule has 3 heteroatoms. The highest BCUT2D eigenvalue weighted by Gasteiger charge is 2.03. The van der Waals surface area contributed by atoms with E-state index in [1.807, 2.05) is 25.1 Å². The lowest BCUT2D eigenvalue weighted by Crippen LogP contribution is -2.06. The average Bonchev–Trinajstić information content (AvgIpc) is 2.10. The van der Waals surface area contributed by atoms with Crippen LogP contribution in [0.4, 0.5) is 5.69 Å². The van der Waals surface area contributed by atoms with Crippen molar-refractivity contribution < 1.29 is 0 Å². The number of aryl methyl sites for hydroxylation is 1. The van der Waals surface area contributed by atoms with Crippen molar-refractivity contribution in [2.45, 2.75) is 6.92 Å². The van der Waals surface area contributed by atoms with E-state index in [0.29, 0.717) is 5.02 Å². The van der Waals surface area contributed by atoms with Gasteiger partial charge in [0.05, 0.1) is 5.69 Å². The molecule has 0 N–H and O–H groups in total. The normalized spacial score (nSPS) is 9.38. The summed E-state index contributed by atoms with van der Waals surface area (Å²) in [5, 5.41) is 6.11. The van der Waals surface area contributed by atoms with E-state index in [-0.39, 0.29) is 0 Å². The molecule has 0 spiro atoms. The Hall–Kier alpha value is -1.28. The fourth-order valence-corrected chi connectivity index (χ4v) is 1.33. The summed E-state index contributed by atoms with van der Waals surface area (Å²) in [4.78, 5) is 0. The van der Waals surface area contributed by atoms with Gasteiger partial charge in [-0.3, -0.25) is 0 Å². The maximum atomic E-state index is 5.82. The molecule has 1 rings (SSSR count). The van der Waals surface area contributed by atoms with Crippen LogP contribution in [-0.4, -0.2) is 6.72 Å². The molecule has 0 heterocycles. The molecule has 0 saturated heterocycles. The zero-order valence-corrected chi connectivity index (χ0v) is 8.25. The van der Waals surface area contributed by atoms with E-state index < -0.39 is 0 Å². The fourth-order valence-electron chi connectivity index (χ4n) is 1.11. The van der Waals surface area contributed by atoms with Crippen molar-refractivity contribution in [3.8, 4) is 0 Å². The van der Waals surface area contributed by atoms with Crippen molar-refractivity contribution in [3.63, 3.8) is 0 Å². The molecule has 0 aliphatic heterocycles. The van der Waals surface area contributed by atoms with Crippen LogP contribution in [0, 0.1) is 6.92 Å². The number of hydrogen-bond acceptors (Lipinski definition) is 2. The van der Waals surface area contributed by atoms with Crippen LogP contribution >= 0.6 is 11.6 Å². The summed E-state index contributed by atoms with van der Waals surface area (Å²) >= 11 is 5.82. The third-order valence-corrected chi connectivity index (χ3v) is 1.97. The lowest BCUT2D eigenvalue weighted by Gasteiger charge is -2.15. The predicted molar refractivity (Wildman–Crippen MR) is 58.4 cm³/mol. The molecule has 0 amide bonds. The Balaban J connectivity index is 3.13. The average molecular weight is 195 g/mol. The molecule has 2 nitrogen and oxygen atoms in total. The Labute approximate surface area is 83.1 Å². The Bertz CT molecular complexity index is 326. The second-order valence-corrected chi connectivity index (χ2v) is 3.04. The number of nitrogens with zero attached hydrogens (tertiary/aromatic N) is 2. The molecule has 0 aromatic heterocycles. The first-order valence-corrected chi connectivity index (χ1v) is 4.21. The largest absolute Gasteiger partial charge is 0.242 e. The van der Waals surface area contributed by atoms with Gasteiger partial charge >= 0.3 is 0 Å². The van der Waals surface area contributed by atoms with Gasteiger partial charge in [0.15, 0.2) is 0 Å². The quantitative estimate of drug-likeness (QED) is 0.533. The van der Waals surface area contributed by atoms with Crippen LogP contribution in [0.2, 0.25) is 5.02 Å². The Morgan fingerprint density at radius 3 is 2.69 bits per heavy atom. The van der Waals surface area contributed by atoms with Crippen molar-refractivity contribution in [2.75, 3.05) is 5.01 Å². The van der Waals surface area contributed by atoms with Crippen LogP contribution < -0.4 is 5.01 Å². The van der Waals surface area contributed by atoms with Gasteiger partial charge in [-0.1, -0.05) is 18.2 Å². The molecule has 1 aromatic rings. The highest BCUT2D eigenvalue weighted by atomic mass is 35.5. The number of benzene rings is 1. The van der Waals surface area contributed by atoms with Crippen LogP contribution in [-0.2, 0) is 0 Å². The summed E-state index contributed by atoms with van der Waals surface area (Å²) in [5.41, 5.74) is 1.98. The monoisotopic (exact) mass is 194 g/mol. The van der Waals surface area contributed by atoms with E-state index in [9.17, 15) is 0 Å². The highest BCUT2D eigenvalue weighted by molar-refractivity contribution is 6.30. The van der Waals surface area contributed by atoms with Gasteiger partial charge in [-0.15, -0.1) is 0 Å². The number of rotatable bonds is 3. The fraction of sp³-hybridized carbons (Fsp3) is 0.100. The summed E-state index contributed by atoms with van der Waals surface area (Å²) in [6, 6.07) is 5.57. The standard InChI is InChI=1S/C10H11ClN2/c1-4-13(12-3)10-6-5-9(11)7-8(10)2/h4-7H,1,3H2,2H3. The molecular weight excluding hydrogens is 184 g/mol. The number of hydrogen-bond donors (Lipinski definition) is 0. The first kappa shape index (κ1) is 9.81. The number of hydrazone groups is 1. The van der Waals surface area contributed by atoms with Crippen LogP contribution in [0.1, 0.15) is 5.56 Å². The van der Waals surface area contributed by atoms with E-state index in [2.05, 4.69) is 18.4 Å². The topological polar surface area (TPSA) is 15.6 Å². The van der Waals surface area contributed by atoms with E-state index in [0.717, 1.165) is 11.3 Å². The summed E-state index contributed by atoms with van der Waals surface area (Å²) in [6.07, 6.45) is 1.60. The lowest BCUT2D eigenvalue weighted by atomic mass is 10.2. The first-order chi connectivity index (χ1) is 6.19. The maximum Gasteiger partial charge on any atom is 0.0675 e. The van der Waals surface area contributed by atoms with Gasteiger partial charge in [-0.25, -0.2) is 5.01 Å². The van der Waals surface area contributed by atoms with Gasteiger partial charge in [0.1, 0.15) is 0 Å². The van der Waals surface area contributed by atoms with Gasteiger partial charge in [0, 0.05) is 17.9 Å². The number of anilines is 1.